The van der Waals surface area contributed by atoms with Crippen LogP contribution in [-0.2, 0) is 17.1 Å². The first-order valence-corrected chi connectivity index (χ1v) is 6.07. The minimum atomic E-state index is -5.65. The van der Waals surface area contributed by atoms with Gasteiger partial charge in [-0.2, -0.15) is 22.0 Å². The lowest BCUT2D eigenvalue weighted by Gasteiger charge is -2.15. The Morgan fingerprint density at radius 3 is 2.42 bits per heavy atom. The lowest BCUT2D eigenvalue weighted by atomic mass is 10.3. The molecule has 110 valence electrons. The Kier molecular flexibility index (Phi) is 5.56. The third-order valence-electron chi connectivity index (χ3n) is 2.09. The minimum Gasteiger partial charge on any atom is -0.383 e. The molecule has 0 saturated heterocycles. The Morgan fingerprint density at radius 1 is 1.16 bits per heavy atom. The van der Waals surface area contributed by atoms with Crippen molar-refractivity contribution in [3.05, 3.63) is 10.0 Å². The molecule has 0 aliphatic rings. The van der Waals surface area contributed by atoms with E-state index in [0.29, 0.717) is 19.7 Å². The third kappa shape index (κ3) is 4.32. The molecule has 0 unspecified atom stereocenters. The molecule has 0 atom stereocenters. The molecule has 1 N–H and O–H groups in total. The number of aromatic nitrogens is 2. The monoisotopic (exact) mass is 305 g/mol. The summed E-state index contributed by atoms with van der Waals surface area (Å²) in [7, 11) is 1.53. The number of hydrogen-bond donors (Lipinski definition) is 1. The molecule has 0 radical (unpaired) electrons. The molecule has 0 bridgehead atoms. The molecule has 4 nitrogen and oxygen atoms in total. The molecule has 0 aromatic carbocycles. The van der Waals surface area contributed by atoms with Crippen LogP contribution >= 0.6 is 11.3 Å². The van der Waals surface area contributed by atoms with Gasteiger partial charge in [0.1, 0.15) is 5.01 Å². The van der Waals surface area contributed by atoms with E-state index in [1.54, 1.807) is 0 Å². The van der Waals surface area contributed by atoms with Crippen molar-refractivity contribution < 1.29 is 26.7 Å². The standard InChI is InChI=1S/C9H12F5N3OS/c1-18-5-4-15-3-2-6-16-17-7(19-6)8(10,11)9(12,13)14/h15H,2-5H2,1H3. The fraction of sp³-hybridized carbons (Fsp3) is 0.778. The molecule has 0 aliphatic carbocycles. The highest BCUT2D eigenvalue weighted by Gasteiger charge is 2.61. The molecular formula is C9H12F5N3OS. The highest BCUT2D eigenvalue weighted by Crippen LogP contribution is 2.44. The maximum absolute atomic E-state index is 12.9. The molecule has 0 aliphatic heterocycles. The highest BCUT2D eigenvalue weighted by molar-refractivity contribution is 7.11. The Bertz CT molecular complexity index is 395. The van der Waals surface area contributed by atoms with E-state index in [-0.39, 0.29) is 22.8 Å². The highest BCUT2D eigenvalue weighted by atomic mass is 32.1. The quantitative estimate of drug-likeness (QED) is 0.618. The number of nitrogens with zero attached hydrogens (tertiary/aromatic N) is 2. The predicted molar refractivity (Wildman–Crippen MR) is 58.3 cm³/mol. The van der Waals surface area contributed by atoms with Crippen molar-refractivity contribution in [3.63, 3.8) is 0 Å². The molecule has 19 heavy (non-hydrogen) atoms. The van der Waals surface area contributed by atoms with Gasteiger partial charge in [0.25, 0.3) is 0 Å². The van der Waals surface area contributed by atoms with Gasteiger partial charge < -0.3 is 10.1 Å². The molecule has 0 amide bonds. The zero-order valence-corrected chi connectivity index (χ0v) is 10.7. The van der Waals surface area contributed by atoms with Crippen LogP contribution in [0, 0.1) is 0 Å². The Morgan fingerprint density at radius 2 is 1.84 bits per heavy atom. The van der Waals surface area contributed by atoms with Crippen LogP contribution in [0.2, 0.25) is 0 Å². The van der Waals surface area contributed by atoms with Gasteiger partial charge in [-0.3, -0.25) is 0 Å². The van der Waals surface area contributed by atoms with E-state index in [4.69, 9.17) is 4.74 Å². The van der Waals surface area contributed by atoms with Crippen LogP contribution in [0.15, 0.2) is 0 Å². The van der Waals surface area contributed by atoms with Gasteiger partial charge in [-0.1, -0.05) is 11.3 Å². The van der Waals surface area contributed by atoms with E-state index in [1.165, 1.54) is 7.11 Å². The number of ether oxygens (including phenoxy) is 1. The molecule has 10 heteroatoms. The SMILES string of the molecule is COCCNCCc1nnc(C(F)(F)C(F)(F)F)s1. The second-order valence-electron chi connectivity index (χ2n) is 3.57. The minimum absolute atomic E-state index is 0.129. The Labute approximate surface area is 110 Å². The second kappa shape index (κ2) is 6.53. The third-order valence-corrected chi connectivity index (χ3v) is 3.14. The van der Waals surface area contributed by atoms with Crippen molar-refractivity contribution in [2.45, 2.75) is 18.5 Å². The first-order chi connectivity index (χ1) is 8.79. The van der Waals surface area contributed by atoms with E-state index in [1.807, 2.05) is 0 Å². The van der Waals surface area contributed by atoms with Gasteiger partial charge in [0.2, 0.25) is 0 Å². The van der Waals surface area contributed by atoms with E-state index in [9.17, 15) is 22.0 Å². The summed E-state index contributed by atoms with van der Waals surface area (Å²) in [5.41, 5.74) is 0. The topological polar surface area (TPSA) is 47.0 Å². The van der Waals surface area contributed by atoms with E-state index in [0.717, 1.165) is 0 Å². The smallest absolute Gasteiger partial charge is 0.383 e. The van der Waals surface area contributed by atoms with Gasteiger partial charge in [0, 0.05) is 26.6 Å². The van der Waals surface area contributed by atoms with E-state index in [2.05, 4.69) is 15.5 Å². The van der Waals surface area contributed by atoms with Crippen LogP contribution in [0.5, 0.6) is 0 Å². The fourth-order valence-electron chi connectivity index (χ4n) is 1.10. The van der Waals surface area contributed by atoms with Crippen LogP contribution in [-0.4, -0.2) is 43.2 Å². The number of hydrogen-bond acceptors (Lipinski definition) is 5. The summed E-state index contributed by atoms with van der Waals surface area (Å²) in [5, 5.41) is 7.97. The van der Waals surface area contributed by atoms with Gasteiger partial charge in [0.15, 0.2) is 5.01 Å². The first-order valence-electron chi connectivity index (χ1n) is 5.26. The molecule has 1 heterocycles. The maximum Gasteiger partial charge on any atom is 0.460 e. The zero-order chi connectivity index (χ0) is 14.5. The van der Waals surface area contributed by atoms with Crippen LogP contribution in [0.1, 0.15) is 10.0 Å². The van der Waals surface area contributed by atoms with Crippen molar-refractivity contribution in [2.75, 3.05) is 26.8 Å². The van der Waals surface area contributed by atoms with Crippen LogP contribution < -0.4 is 5.32 Å². The summed E-state index contributed by atoms with van der Waals surface area (Å²) in [4.78, 5) is 0. The lowest BCUT2D eigenvalue weighted by Crippen LogP contribution is -2.33. The Balaban J connectivity index is 2.53. The lowest BCUT2D eigenvalue weighted by molar-refractivity contribution is -0.289. The Hall–Kier alpha value is -0.870. The number of nitrogens with one attached hydrogen (secondary N) is 1. The number of rotatable bonds is 7. The molecule has 0 spiro atoms. The summed E-state index contributed by atoms with van der Waals surface area (Å²) in [6.45, 7) is 1.43. The van der Waals surface area contributed by atoms with E-state index < -0.39 is 17.1 Å². The second-order valence-corrected chi connectivity index (χ2v) is 4.63. The van der Waals surface area contributed by atoms with Crippen molar-refractivity contribution >= 4 is 11.3 Å². The van der Waals surface area contributed by atoms with Gasteiger partial charge >= 0.3 is 12.1 Å². The van der Waals surface area contributed by atoms with Gasteiger partial charge in [-0.15, -0.1) is 10.2 Å². The van der Waals surface area contributed by atoms with Crippen molar-refractivity contribution in [1.82, 2.24) is 15.5 Å². The fourth-order valence-corrected chi connectivity index (χ4v) is 1.93. The summed E-state index contributed by atoms with van der Waals surface area (Å²) < 4.78 is 66.8. The van der Waals surface area contributed by atoms with Crippen LogP contribution in [0.25, 0.3) is 0 Å². The van der Waals surface area contributed by atoms with E-state index >= 15 is 0 Å². The number of alkyl halides is 5. The maximum atomic E-state index is 12.9. The van der Waals surface area contributed by atoms with Crippen molar-refractivity contribution in [2.24, 2.45) is 0 Å². The van der Waals surface area contributed by atoms with Crippen molar-refractivity contribution in [3.8, 4) is 0 Å². The summed E-state index contributed by atoms with van der Waals surface area (Å²) in [6, 6.07) is 0. The molecular weight excluding hydrogens is 293 g/mol. The largest absolute Gasteiger partial charge is 0.460 e. The van der Waals surface area contributed by atoms with Crippen molar-refractivity contribution in [1.29, 1.82) is 0 Å². The number of halogens is 5. The van der Waals surface area contributed by atoms with Gasteiger partial charge in [0.05, 0.1) is 6.61 Å². The summed E-state index contributed by atoms with van der Waals surface area (Å²) >= 11 is 0.267. The van der Waals surface area contributed by atoms with Gasteiger partial charge in [-0.25, -0.2) is 0 Å². The van der Waals surface area contributed by atoms with Crippen LogP contribution in [0.3, 0.4) is 0 Å². The first kappa shape index (κ1) is 16.2. The average molecular weight is 305 g/mol. The molecule has 1 aromatic heterocycles. The molecule has 1 rings (SSSR count). The predicted octanol–water partition coefficient (Wildman–Crippen LogP) is 1.97. The molecule has 0 fully saturated rings. The van der Waals surface area contributed by atoms with Gasteiger partial charge in [-0.05, 0) is 0 Å². The summed E-state index contributed by atoms with van der Waals surface area (Å²) in [6.07, 6.45) is -5.42. The summed E-state index contributed by atoms with van der Waals surface area (Å²) in [5.74, 6) is -4.95. The molecule has 1 aromatic rings. The molecule has 0 saturated carbocycles. The normalized spacial score (nSPS) is 12.9. The number of methoxy groups -OCH3 is 1. The average Bonchev–Trinajstić information content (AvgIpc) is 2.76. The van der Waals surface area contributed by atoms with Crippen LogP contribution in [0.4, 0.5) is 22.0 Å². The zero-order valence-electron chi connectivity index (χ0n) is 9.93.